The monoisotopic (exact) mass is 223 g/mol. The van der Waals surface area contributed by atoms with E-state index in [1.54, 1.807) is 30.5 Å². The number of hydrogen-bond donors (Lipinski definition) is 0. The van der Waals surface area contributed by atoms with Crippen LogP contribution >= 0.6 is 11.3 Å². The van der Waals surface area contributed by atoms with Crippen LogP contribution < -0.4 is 0 Å². The van der Waals surface area contributed by atoms with Gasteiger partial charge in [0, 0.05) is 0 Å². The van der Waals surface area contributed by atoms with Gasteiger partial charge in [-0.25, -0.2) is 4.79 Å². The molecule has 0 aliphatic carbocycles. The van der Waals surface area contributed by atoms with Gasteiger partial charge in [-0.2, -0.15) is 5.26 Å². The van der Waals surface area contributed by atoms with E-state index in [9.17, 15) is 9.59 Å². The lowest BCUT2D eigenvalue weighted by Crippen LogP contribution is -2.19. The molecule has 1 heterocycles. The molecule has 0 aliphatic rings. The number of rotatable bonds is 3. The van der Waals surface area contributed by atoms with Crippen molar-refractivity contribution < 1.29 is 14.3 Å². The van der Waals surface area contributed by atoms with Crippen molar-refractivity contribution in [2.24, 2.45) is 5.92 Å². The fourth-order valence-electron chi connectivity index (χ4n) is 0.918. The van der Waals surface area contributed by atoms with Gasteiger partial charge < -0.3 is 4.74 Å². The van der Waals surface area contributed by atoms with Crippen molar-refractivity contribution in [1.29, 1.82) is 5.26 Å². The molecule has 0 N–H and O–H groups in total. The maximum Gasteiger partial charge on any atom is 0.355 e. The summed E-state index contributed by atoms with van der Waals surface area (Å²) in [4.78, 5) is 22.9. The molecule has 4 nitrogen and oxygen atoms in total. The molecule has 1 aromatic heterocycles. The molecule has 0 saturated carbocycles. The Morgan fingerprint density at radius 1 is 1.67 bits per heavy atom. The SMILES string of the molecule is CCC(C#N)C(=O)OC(=O)c1cccs1. The molecule has 0 spiro atoms. The van der Waals surface area contributed by atoms with Gasteiger partial charge in [0.05, 0.1) is 6.07 Å². The van der Waals surface area contributed by atoms with Crippen LogP contribution in [0.25, 0.3) is 0 Å². The molecule has 1 atom stereocenters. The lowest BCUT2D eigenvalue weighted by Gasteiger charge is -2.03. The van der Waals surface area contributed by atoms with Gasteiger partial charge in [0.1, 0.15) is 10.8 Å². The second kappa shape index (κ2) is 5.27. The van der Waals surface area contributed by atoms with E-state index in [1.165, 1.54) is 11.3 Å². The van der Waals surface area contributed by atoms with E-state index in [-0.39, 0.29) is 0 Å². The second-order valence-corrected chi connectivity index (χ2v) is 3.72. The second-order valence-electron chi connectivity index (χ2n) is 2.78. The van der Waals surface area contributed by atoms with Gasteiger partial charge in [0.25, 0.3) is 0 Å². The van der Waals surface area contributed by atoms with E-state index in [1.807, 2.05) is 0 Å². The zero-order valence-electron chi connectivity index (χ0n) is 8.10. The fraction of sp³-hybridized carbons (Fsp3) is 0.300. The third-order valence-corrected chi connectivity index (χ3v) is 2.61. The Bertz CT molecular complexity index is 391. The van der Waals surface area contributed by atoms with Crippen molar-refractivity contribution in [3.63, 3.8) is 0 Å². The molecule has 0 aromatic carbocycles. The van der Waals surface area contributed by atoms with Gasteiger partial charge in [-0.05, 0) is 17.9 Å². The van der Waals surface area contributed by atoms with E-state index in [0.29, 0.717) is 11.3 Å². The highest BCUT2D eigenvalue weighted by Gasteiger charge is 2.21. The first-order chi connectivity index (χ1) is 7.19. The summed E-state index contributed by atoms with van der Waals surface area (Å²) in [5, 5.41) is 10.3. The maximum atomic E-state index is 11.3. The largest absolute Gasteiger partial charge is 0.388 e. The zero-order valence-corrected chi connectivity index (χ0v) is 8.91. The molecule has 0 fully saturated rings. The summed E-state index contributed by atoms with van der Waals surface area (Å²) in [7, 11) is 0. The van der Waals surface area contributed by atoms with Gasteiger partial charge >= 0.3 is 11.9 Å². The van der Waals surface area contributed by atoms with Gasteiger partial charge in [-0.3, -0.25) is 4.79 Å². The normalized spacial score (nSPS) is 11.5. The number of hydrogen-bond acceptors (Lipinski definition) is 5. The first-order valence-electron chi connectivity index (χ1n) is 4.38. The number of ether oxygens (including phenoxy) is 1. The van der Waals surface area contributed by atoms with Crippen LogP contribution in [0.15, 0.2) is 17.5 Å². The van der Waals surface area contributed by atoms with Crippen molar-refractivity contribution in [1.82, 2.24) is 0 Å². The Hall–Kier alpha value is -1.67. The lowest BCUT2D eigenvalue weighted by atomic mass is 10.1. The Labute approximate surface area is 91.1 Å². The summed E-state index contributed by atoms with van der Waals surface area (Å²) < 4.78 is 4.55. The number of thiophene rings is 1. The third-order valence-electron chi connectivity index (χ3n) is 1.76. The molecule has 78 valence electrons. The summed E-state index contributed by atoms with van der Waals surface area (Å²) in [6.45, 7) is 1.69. The van der Waals surface area contributed by atoms with E-state index in [2.05, 4.69) is 4.74 Å². The van der Waals surface area contributed by atoms with Crippen molar-refractivity contribution in [2.45, 2.75) is 13.3 Å². The standard InChI is InChI=1S/C10H9NO3S/c1-2-7(6-11)9(12)14-10(13)8-4-3-5-15-8/h3-5,7H,2H2,1H3. The molecule has 0 amide bonds. The molecular weight excluding hydrogens is 214 g/mol. The maximum absolute atomic E-state index is 11.3. The van der Waals surface area contributed by atoms with Crippen LogP contribution in [-0.4, -0.2) is 11.9 Å². The van der Waals surface area contributed by atoms with Crippen LogP contribution in [0, 0.1) is 17.2 Å². The van der Waals surface area contributed by atoms with Gasteiger partial charge in [0.15, 0.2) is 0 Å². The molecule has 1 rings (SSSR count). The highest BCUT2D eigenvalue weighted by Crippen LogP contribution is 2.12. The minimum atomic E-state index is -0.867. The predicted octanol–water partition coefficient (Wildman–Crippen LogP) is 1.98. The topological polar surface area (TPSA) is 67.2 Å². The van der Waals surface area contributed by atoms with Gasteiger partial charge in [-0.1, -0.05) is 13.0 Å². The summed E-state index contributed by atoms with van der Waals surface area (Å²) in [5.74, 6) is -2.34. The molecule has 5 heteroatoms. The predicted molar refractivity (Wildman–Crippen MR) is 54.1 cm³/mol. The smallest absolute Gasteiger partial charge is 0.355 e. The fourth-order valence-corrected chi connectivity index (χ4v) is 1.52. The van der Waals surface area contributed by atoms with Crippen LogP contribution in [0.2, 0.25) is 0 Å². The summed E-state index contributed by atoms with van der Waals surface area (Å²) >= 11 is 1.19. The van der Waals surface area contributed by atoms with Crippen molar-refractivity contribution in [3.05, 3.63) is 22.4 Å². The average Bonchev–Trinajstić information content (AvgIpc) is 2.72. The molecule has 1 unspecified atom stereocenters. The van der Waals surface area contributed by atoms with Crippen LogP contribution in [0.3, 0.4) is 0 Å². The molecule has 0 radical (unpaired) electrons. The Morgan fingerprint density at radius 3 is 2.87 bits per heavy atom. The van der Waals surface area contributed by atoms with Crippen LogP contribution in [-0.2, 0) is 9.53 Å². The molecule has 0 bridgehead atoms. The van der Waals surface area contributed by atoms with Crippen LogP contribution in [0.1, 0.15) is 23.0 Å². The lowest BCUT2D eigenvalue weighted by molar-refractivity contribution is -0.140. The van der Waals surface area contributed by atoms with E-state index >= 15 is 0 Å². The summed E-state index contributed by atoms with van der Waals surface area (Å²) in [6.07, 6.45) is 0.340. The van der Waals surface area contributed by atoms with Gasteiger partial charge in [0.2, 0.25) is 0 Å². The Morgan fingerprint density at radius 2 is 2.40 bits per heavy atom. The van der Waals surface area contributed by atoms with E-state index in [4.69, 9.17) is 5.26 Å². The quantitative estimate of drug-likeness (QED) is 0.580. The highest BCUT2D eigenvalue weighted by molar-refractivity contribution is 7.12. The molecular formula is C10H9NO3S. The first kappa shape index (κ1) is 11.4. The number of nitriles is 1. The van der Waals surface area contributed by atoms with E-state index < -0.39 is 17.9 Å². The van der Waals surface area contributed by atoms with Crippen molar-refractivity contribution >= 4 is 23.3 Å². The Kier molecular flexibility index (Phi) is 4.01. The first-order valence-corrected chi connectivity index (χ1v) is 5.26. The summed E-state index contributed by atoms with van der Waals surface area (Å²) in [5.41, 5.74) is 0. The highest BCUT2D eigenvalue weighted by atomic mass is 32.1. The number of esters is 2. The zero-order chi connectivity index (χ0) is 11.3. The van der Waals surface area contributed by atoms with E-state index in [0.717, 1.165) is 0 Å². The van der Waals surface area contributed by atoms with Crippen LogP contribution in [0.4, 0.5) is 0 Å². The van der Waals surface area contributed by atoms with Crippen molar-refractivity contribution in [2.75, 3.05) is 0 Å². The molecule has 0 aliphatic heterocycles. The molecule has 15 heavy (non-hydrogen) atoms. The summed E-state index contributed by atoms with van der Waals surface area (Å²) in [6, 6.07) is 5.03. The number of carbonyl (C=O) groups is 2. The number of nitrogens with zero attached hydrogens (tertiary/aromatic N) is 1. The third kappa shape index (κ3) is 2.89. The minimum Gasteiger partial charge on any atom is -0.388 e. The van der Waals surface area contributed by atoms with Crippen molar-refractivity contribution in [3.8, 4) is 6.07 Å². The van der Waals surface area contributed by atoms with Crippen LogP contribution in [0.5, 0.6) is 0 Å². The number of carbonyl (C=O) groups excluding carboxylic acids is 2. The molecule has 1 aromatic rings. The Balaban J connectivity index is 2.60. The minimum absolute atomic E-state index is 0.340. The average molecular weight is 223 g/mol. The van der Waals surface area contributed by atoms with Gasteiger partial charge in [-0.15, -0.1) is 11.3 Å². The molecule has 0 saturated heterocycles.